The van der Waals surface area contributed by atoms with Gasteiger partial charge in [0.2, 0.25) is 0 Å². The average Bonchev–Trinajstić information content (AvgIpc) is 2.43. The molecular formula is C14H5Br5. The molecule has 3 aromatic rings. The second-order valence-corrected chi connectivity index (χ2v) is 8.06. The van der Waals surface area contributed by atoms with Crippen LogP contribution in [0.2, 0.25) is 0 Å². The van der Waals surface area contributed by atoms with Crippen molar-refractivity contribution in [3.05, 3.63) is 52.7 Å². The van der Waals surface area contributed by atoms with Gasteiger partial charge in [0.15, 0.2) is 0 Å². The smallest absolute Gasteiger partial charge is 0.0477 e. The highest BCUT2D eigenvalue weighted by Gasteiger charge is 2.17. The molecule has 5 heteroatoms. The molecule has 0 aliphatic heterocycles. The summed E-state index contributed by atoms with van der Waals surface area (Å²) in [7, 11) is 0. The fourth-order valence-corrected chi connectivity index (χ4v) is 5.61. The molecule has 3 rings (SSSR count). The lowest BCUT2D eigenvalue weighted by Gasteiger charge is -2.13. The lowest BCUT2D eigenvalue weighted by atomic mass is 10.0. The van der Waals surface area contributed by atoms with Crippen molar-refractivity contribution in [3.63, 3.8) is 0 Å². The fraction of sp³-hybridized carbons (Fsp3) is 0. The molecule has 0 atom stereocenters. The molecule has 0 aliphatic carbocycles. The number of rotatable bonds is 0. The number of hydrogen-bond donors (Lipinski definition) is 0. The van der Waals surface area contributed by atoms with Crippen LogP contribution in [0.25, 0.3) is 21.5 Å². The molecule has 19 heavy (non-hydrogen) atoms. The van der Waals surface area contributed by atoms with Crippen molar-refractivity contribution in [1.29, 1.82) is 0 Å². The van der Waals surface area contributed by atoms with Crippen LogP contribution in [0, 0.1) is 0 Å². The average molecular weight is 573 g/mol. The van der Waals surface area contributed by atoms with E-state index in [0.717, 1.165) is 33.1 Å². The van der Waals surface area contributed by atoms with Gasteiger partial charge in [-0.1, -0.05) is 24.3 Å². The fourth-order valence-electron chi connectivity index (χ4n) is 2.11. The maximum atomic E-state index is 3.74. The lowest BCUT2D eigenvalue weighted by Crippen LogP contribution is -1.86. The quantitative estimate of drug-likeness (QED) is 0.146. The van der Waals surface area contributed by atoms with E-state index in [4.69, 9.17) is 0 Å². The van der Waals surface area contributed by atoms with Crippen molar-refractivity contribution in [1.82, 2.24) is 0 Å². The van der Waals surface area contributed by atoms with Crippen molar-refractivity contribution in [2.75, 3.05) is 0 Å². The van der Waals surface area contributed by atoms with Crippen LogP contribution in [0.3, 0.4) is 0 Å². The summed E-state index contributed by atoms with van der Waals surface area (Å²) in [5.74, 6) is 0. The lowest BCUT2D eigenvalue weighted by molar-refractivity contribution is 1.56. The molecule has 96 valence electrons. The highest BCUT2D eigenvalue weighted by atomic mass is 79.9. The summed E-state index contributed by atoms with van der Waals surface area (Å²) < 4.78 is 5.19. The zero-order valence-corrected chi connectivity index (χ0v) is 17.2. The van der Waals surface area contributed by atoms with Gasteiger partial charge in [0.25, 0.3) is 0 Å². The van der Waals surface area contributed by atoms with Crippen molar-refractivity contribution >= 4 is 101 Å². The minimum absolute atomic E-state index is 1.00. The first-order valence-electron chi connectivity index (χ1n) is 5.35. The molecule has 0 bridgehead atoms. The normalized spacial score (nSPS) is 11.4. The van der Waals surface area contributed by atoms with E-state index in [0.29, 0.717) is 0 Å². The Balaban J connectivity index is 2.66. The predicted octanol–water partition coefficient (Wildman–Crippen LogP) is 7.81. The van der Waals surface area contributed by atoms with E-state index in [9.17, 15) is 0 Å². The Kier molecular flexibility index (Phi) is 4.13. The Labute approximate surface area is 152 Å². The summed E-state index contributed by atoms with van der Waals surface area (Å²) >= 11 is 18.3. The molecule has 0 nitrogen and oxygen atoms in total. The molecule has 0 aromatic heterocycles. The van der Waals surface area contributed by atoms with E-state index in [1.165, 1.54) is 10.8 Å². The highest BCUT2D eigenvalue weighted by molar-refractivity contribution is 9.15. The van der Waals surface area contributed by atoms with Gasteiger partial charge in [0, 0.05) is 27.7 Å². The van der Waals surface area contributed by atoms with Gasteiger partial charge in [-0.05, 0) is 102 Å². The molecule has 0 unspecified atom stereocenters. The molecule has 0 radical (unpaired) electrons. The molecule has 3 aromatic carbocycles. The van der Waals surface area contributed by atoms with Gasteiger partial charge >= 0.3 is 0 Å². The monoisotopic (exact) mass is 568 g/mol. The maximum Gasteiger partial charge on any atom is 0.0477 e. The maximum absolute atomic E-state index is 3.74. The second kappa shape index (κ2) is 5.41. The molecule has 0 amide bonds. The summed E-state index contributed by atoms with van der Waals surface area (Å²) in [6.45, 7) is 0. The zero-order chi connectivity index (χ0) is 13.7. The third-order valence-corrected chi connectivity index (χ3v) is 8.64. The van der Waals surface area contributed by atoms with Gasteiger partial charge in [-0.2, -0.15) is 0 Å². The van der Waals surface area contributed by atoms with Crippen molar-refractivity contribution in [2.45, 2.75) is 0 Å². The van der Waals surface area contributed by atoms with Crippen molar-refractivity contribution in [2.24, 2.45) is 0 Å². The van der Waals surface area contributed by atoms with Gasteiger partial charge in [0.05, 0.1) is 0 Å². The van der Waals surface area contributed by atoms with Crippen LogP contribution >= 0.6 is 79.6 Å². The first-order chi connectivity index (χ1) is 9.02. The first kappa shape index (κ1) is 14.5. The topological polar surface area (TPSA) is 0 Å². The van der Waals surface area contributed by atoms with E-state index in [1.807, 2.05) is 0 Å². The van der Waals surface area contributed by atoms with Crippen molar-refractivity contribution < 1.29 is 0 Å². The van der Waals surface area contributed by atoms with Gasteiger partial charge in [-0.15, -0.1) is 0 Å². The van der Waals surface area contributed by atoms with Crippen LogP contribution in [0.15, 0.2) is 52.7 Å². The van der Waals surface area contributed by atoms with E-state index < -0.39 is 0 Å². The second-order valence-electron chi connectivity index (χ2n) is 4.09. The summed E-state index contributed by atoms with van der Waals surface area (Å²) in [5, 5.41) is 4.73. The van der Waals surface area contributed by atoms with Crippen LogP contribution in [-0.4, -0.2) is 0 Å². The van der Waals surface area contributed by atoms with Crippen LogP contribution < -0.4 is 0 Å². The summed E-state index contributed by atoms with van der Waals surface area (Å²) in [5.41, 5.74) is 0. The largest absolute Gasteiger partial charge is 0.0616 e. The Morgan fingerprint density at radius 2 is 1.21 bits per heavy atom. The van der Waals surface area contributed by atoms with Gasteiger partial charge in [-0.3, -0.25) is 0 Å². The molecule has 0 saturated carbocycles. The van der Waals surface area contributed by atoms with E-state index in [-0.39, 0.29) is 0 Å². The predicted molar refractivity (Wildman–Crippen MR) is 100.0 cm³/mol. The van der Waals surface area contributed by atoms with E-state index in [2.05, 4.69) is 110 Å². The van der Waals surface area contributed by atoms with Crippen LogP contribution in [0.1, 0.15) is 0 Å². The van der Waals surface area contributed by atoms with Gasteiger partial charge in [0.1, 0.15) is 0 Å². The standard InChI is InChI=1S/C14H5Br5/c15-10-7-4-2-1-3-6(7)5-8-9(10)12(17)14(19)13(18)11(8)16/h1-5H. The van der Waals surface area contributed by atoms with E-state index in [1.54, 1.807) is 0 Å². The summed E-state index contributed by atoms with van der Waals surface area (Å²) in [6.07, 6.45) is 0. The van der Waals surface area contributed by atoms with Gasteiger partial charge in [-0.25, -0.2) is 0 Å². The van der Waals surface area contributed by atoms with Crippen LogP contribution in [0.5, 0.6) is 0 Å². The number of fused-ring (bicyclic) bond motifs is 2. The molecule has 0 saturated heterocycles. The number of benzene rings is 3. The van der Waals surface area contributed by atoms with Crippen LogP contribution in [-0.2, 0) is 0 Å². The minimum Gasteiger partial charge on any atom is -0.0616 e. The zero-order valence-electron chi connectivity index (χ0n) is 9.28. The molecule has 0 aliphatic rings. The summed E-state index contributed by atoms with van der Waals surface area (Å²) in [6, 6.07) is 10.5. The highest BCUT2D eigenvalue weighted by Crippen LogP contribution is 2.47. The third-order valence-electron chi connectivity index (χ3n) is 3.02. The molecule has 0 spiro atoms. The number of halogens is 5. The number of hydrogen-bond acceptors (Lipinski definition) is 0. The van der Waals surface area contributed by atoms with Gasteiger partial charge < -0.3 is 0 Å². The van der Waals surface area contributed by atoms with E-state index >= 15 is 0 Å². The molecule has 0 fully saturated rings. The van der Waals surface area contributed by atoms with Crippen LogP contribution in [0.4, 0.5) is 0 Å². The minimum atomic E-state index is 1.00. The Morgan fingerprint density at radius 3 is 1.95 bits per heavy atom. The Bertz CT molecular complexity index is 823. The molecular weight excluding hydrogens is 568 g/mol. The first-order valence-corrected chi connectivity index (χ1v) is 9.31. The Morgan fingerprint density at radius 1 is 0.579 bits per heavy atom. The molecule has 0 N–H and O–H groups in total. The van der Waals surface area contributed by atoms with Crippen molar-refractivity contribution in [3.8, 4) is 0 Å². The molecule has 0 heterocycles. The Hall–Kier alpha value is 0.580. The third kappa shape index (κ3) is 2.26. The SMILES string of the molecule is Brc1c(Br)c(Br)c2c(Br)c3ccccc3cc2c1Br. The summed E-state index contributed by atoms with van der Waals surface area (Å²) in [4.78, 5) is 0.